The summed E-state index contributed by atoms with van der Waals surface area (Å²) in [6.07, 6.45) is 0. The van der Waals surface area contributed by atoms with Crippen LogP contribution in [0.5, 0.6) is 17.2 Å². The van der Waals surface area contributed by atoms with Crippen LogP contribution in [0.4, 0.5) is 0 Å². The average molecular weight is 443 g/mol. The Morgan fingerprint density at radius 2 is 1.73 bits per heavy atom. The Bertz CT molecular complexity index is 1360. The molecule has 0 N–H and O–H groups in total. The first-order valence-corrected chi connectivity index (χ1v) is 10.8. The van der Waals surface area contributed by atoms with E-state index >= 15 is 0 Å². The number of ether oxygens (including phenoxy) is 3. The maximum atomic E-state index is 13.0. The van der Waals surface area contributed by atoms with E-state index in [0.717, 1.165) is 16.7 Å². The standard InChI is InChI=1S/C27H25NO5/c1-17(18-7-5-4-6-8-18)28-15-22-23(32-16-28)11-10-20-13-21(27(29)33-26(20)22)19-9-12-24(30-2)25(14-19)31-3/h4-14,17H,15-16H2,1-3H3. The van der Waals surface area contributed by atoms with Crippen LogP contribution in [0.3, 0.4) is 0 Å². The van der Waals surface area contributed by atoms with Gasteiger partial charge in [-0.15, -0.1) is 0 Å². The van der Waals surface area contributed by atoms with Crippen molar-refractivity contribution in [3.8, 4) is 28.4 Å². The molecule has 168 valence electrons. The second-order valence-corrected chi connectivity index (χ2v) is 8.08. The zero-order valence-electron chi connectivity index (χ0n) is 18.8. The fraction of sp³-hybridized carbons (Fsp3) is 0.222. The molecule has 5 rings (SSSR count). The first-order chi connectivity index (χ1) is 16.1. The number of fused-ring (bicyclic) bond motifs is 3. The lowest BCUT2D eigenvalue weighted by Crippen LogP contribution is -2.34. The summed E-state index contributed by atoms with van der Waals surface area (Å²) in [5.74, 6) is 1.91. The summed E-state index contributed by atoms with van der Waals surface area (Å²) < 4.78 is 22.6. The molecule has 1 unspecified atom stereocenters. The van der Waals surface area contributed by atoms with Gasteiger partial charge in [0.25, 0.3) is 0 Å². The lowest BCUT2D eigenvalue weighted by atomic mass is 10.0. The summed E-state index contributed by atoms with van der Waals surface area (Å²) in [5.41, 5.74) is 3.42. The number of benzene rings is 3. The minimum absolute atomic E-state index is 0.160. The summed E-state index contributed by atoms with van der Waals surface area (Å²) in [5, 5.41) is 0.843. The van der Waals surface area contributed by atoms with E-state index < -0.39 is 5.63 Å². The molecule has 6 nitrogen and oxygen atoms in total. The van der Waals surface area contributed by atoms with E-state index in [9.17, 15) is 4.79 Å². The first kappa shape index (κ1) is 21.1. The maximum Gasteiger partial charge on any atom is 0.344 e. The van der Waals surface area contributed by atoms with Crippen molar-refractivity contribution in [1.82, 2.24) is 4.90 Å². The number of hydrogen-bond donors (Lipinski definition) is 0. The quantitative estimate of drug-likeness (QED) is 0.386. The Morgan fingerprint density at radius 3 is 2.48 bits per heavy atom. The fourth-order valence-electron chi connectivity index (χ4n) is 4.31. The highest BCUT2D eigenvalue weighted by Crippen LogP contribution is 2.37. The number of rotatable bonds is 5. The molecule has 1 aromatic heterocycles. The van der Waals surface area contributed by atoms with Crippen molar-refractivity contribution in [2.45, 2.75) is 19.5 Å². The predicted octanol–water partition coefficient (Wildman–Crippen LogP) is 5.39. The third-order valence-corrected chi connectivity index (χ3v) is 6.23. The molecule has 0 saturated carbocycles. The molecule has 0 bridgehead atoms. The number of methoxy groups -OCH3 is 2. The highest BCUT2D eigenvalue weighted by molar-refractivity contribution is 5.86. The Kier molecular flexibility index (Phi) is 5.52. The van der Waals surface area contributed by atoms with Gasteiger partial charge < -0.3 is 18.6 Å². The monoisotopic (exact) mass is 443 g/mol. The Morgan fingerprint density at radius 1 is 0.939 bits per heavy atom. The molecule has 0 aliphatic carbocycles. The number of hydrogen-bond acceptors (Lipinski definition) is 6. The average Bonchev–Trinajstić information content (AvgIpc) is 2.87. The Labute approximate surface area is 191 Å². The minimum Gasteiger partial charge on any atom is -0.493 e. The van der Waals surface area contributed by atoms with Crippen molar-refractivity contribution in [2.75, 3.05) is 21.0 Å². The molecule has 0 saturated heterocycles. The molecular weight excluding hydrogens is 418 g/mol. The third-order valence-electron chi connectivity index (χ3n) is 6.23. The fourth-order valence-corrected chi connectivity index (χ4v) is 4.31. The van der Waals surface area contributed by atoms with Crippen LogP contribution in [0.25, 0.3) is 22.1 Å². The third kappa shape index (κ3) is 3.83. The van der Waals surface area contributed by atoms with Crippen molar-refractivity contribution in [2.24, 2.45) is 0 Å². The summed E-state index contributed by atoms with van der Waals surface area (Å²) in [6, 6.07) is 21.6. The smallest absolute Gasteiger partial charge is 0.344 e. The van der Waals surface area contributed by atoms with Gasteiger partial charge in [-0.25, -0.2) is 4.79 Å². The molecule has 0 fully saturated rings. The van der Waals surface area contributed by atoms with Gasteiger partial charge in [-0.1, -0.05) is 36.4 Å². The van der Waals surface area contributed by atoms with Crippen LogP contribution < -0.4 is 19.8 Å². The van der Waals surface area contributed by atoms with Crippen molar-refractivity contribution in [3.63, 3.8) is 0 Å². The van der Waals surface area contributed by atoms with Crippen LogP contribution in [0.2, 0.25) is 0 Å². The van der Waals surface area contributed by atoms with Crippen molar-refractivity contribution < 1.29 is 18.6 Å². The van der Waals surface area contributed by atoms with Crippen LogP contribution >= 0.6 is 0 Å². The molecule has 33 heavy (non-hydrogen) atoms. The molecule has 0 spiro atoms. The topological polar surface area (TPSA) is 61.1 Å². The lowest BCUT2D eigenvalue weighted by molar-refractivity contribution is 0.0620. The van der Waals surface area contributed by atoms with Gasteiger partial charge in [-0.2, -0.15) is 0 Å². The molecule has 0 radical (unpaired) electrons. The minimum atomic E-state index is -0.406. The van der Waals surface area contributed by atoms with Crippen molar-refractivity contribution in [3.05, 3.63) is 88.3 Å². The van der Waals surface area contributed by atoms with Gasteiger partial charge >= 0.3 is 5.63 Å². The highest BCUT2D eigenvalue weighted by Gasteiger charge is 2.26. The zero-order valence-corrected chi connectivity index (χ0v) is 18.8. The van der Waals surface area contributed by atoms with E-state index in [1.54, 1.807) is 26.4 Å². The normalized spacial score (nSPS) is 14.4. The Balaban J connectivity index is 1.54. The van der Waals surface area contributed by atoms with Gasteiger partial charge in [0.15, 0.2) is 11.5 Å². The van der Waals surface area contributed by atoms with Crippen LogP contribution in [-0.4, -0.2) is 25.9 Å². The van der Waals surface area contributed by atoms with Crippen LogP contribution in [0.15, 0.2) is 75.9 Å². The van der Waals surface area contributed by atoms with E-state index in [1.807, 2.05) is 42.5 Å². The van der Waals surface area contributed by atoms with Gasteiger partial charge in [-0.05, 0) is 48.4 Å². The van der Waals surface area contributed by atoms with Gasteiger partial charge in [0.1, 0.15) is 18.1 Å². The van der Waals surface area contributed by atoms with Crippen molar-refractivity contribution in [1.29, 1.82) is 0 Å². The second-order valence-electron chi connectivity index (χ2n) is 8.08. The van der Waals surface area contributed by atoms with E-state index in [-0.39, 0.29) is 6.04 Å². The van der Waals surface area contributed by atoms with E-state index in [2.05, 4.69) is 24.0 Å². The molecule has 0 amide bonds. The predicted molar refractivity (Wildman–Crippen MR) is 127 cm³/mol. The molecule has 4 aromatic rings. The van der Waals surface area contributed by atoms with Crippen LogP contribution in [0, 0.1) is 0 Å². The summed E-state index contributed by atoms with van der Waals surface area (Å²) in [6.45, 7) is 3.25. The maximum absolute atomic E-state index is 13.0. The first-order valence-electron chi connectivity index (χ1n) is 10.8. The van der Waals surface area contributed by atoms with Gasteiger partial charge in [0.2, 0.25) is 0 Å². The number of nitrogens with zero attached hydrogens (tertiary/aromatic N) is 1. The molecule has 1 atom stereocenters. The van der Waals surface area contributed by atoms with Gasteiger partial charge in [-0.3, -0.25) is 4.90 Å². The SMILES string of the molecule is COc1ccc(-c2cc3ccc4c(c3oc2=O)CN(C(C)c2ccccc2)CO4)cc1OC. The molecule has 1 aliphatic rings. The van der Waals surface area contributed by atoms with Crippen LogP contribution in [-0.2, 0) is 6.54 Å². The van der Waals surface area contributed by atoms with Gasteiger partial charge in [0.05, 0.1) is 25.3 Å². The van der Waals surface area contributed by atoms with E-state index in [4.69, 9.17) is 18.6 Å². The van der Waals surface area contributed by atoms with E-state index in [1.165, 1.54) is 5.56 Å². The zero-order chi connectivity index (χ0) is 22.9. The van der Waals surface area contributed by atoms with Gasteiger partial charge in [0, 0.05) is 18.0 Å². The highest BCUT2D eigenvalue weighted by atomic mass is 16.5. The molecule has 3 aromatic carbocycles. The summed E-state index contributed by atoms with van der Waals surface area (Å²) in [4.78, 5) is 15.2. The van der Waals surface area contributed by atoms with Crippen LogP contribution in [0.1, 0.15) is 24.1 Å². The molecule has 2 heterocycles. The van der Waals surface area contributed by atoms with Crippen molar-refractivity contribution >= 4 is 11.0 Å². The molecule has 6 heteroatoms. The Hall–Kier alpha value is -3.77. The summed E-state index contributed by atoms with van der Waals surface area (Å²) in [7, 11) is 3.15. The molecular formula is C27H25NO5. The second kappa shape index (κ2) is 8.64. The molecule has 1 aliphatic heterocycles. The lowest BCUT2D eigenvalue weighted by Gasteiger charge is -2.34. The largest absolute Gasteiger partial charge is 0.493 e. The van der Waals surface area contributed by atoms with E-state index in [0.29, 0.717) is 41.5 Å². The summed E-state index contributed by atoms with van der Waals surface area (Å²) >= 11 is 0.